The van der Waals surface area contributed by atoms with Gasteiger partial charge in [-0.25, -0.2) is 0 Å². The summed E-state index contributed by atoms with van der Waals surface area (Å²) in [6.07, 6.45) is 5.08. The molecule has 2 fully saturated rings. The van der Waals surface area contributed by atoms with Gasteiger partial charge in [-0.15, -0.1) is 0 Å². The van der Waals surface area contributed by atoms with Crippen LogP contribution >= 0.6 is 0 Å². The SMILES string of the molecule is CC1(C)CCC2(CC1)OCCC2O. The average molecular weight is 184 g/mol. The van der Waals surface area contributed by atoms with Crippen molar-refractivity contribution in [3.8, 4) is 0 Å². The Morgan fingerprint density at radius 2 is 1.77 bits per heavy atom. The largest absolute Gasteiger partial charge is 0.390 e. The van der Waals surface area contributed by atoms with Crippen LogP contribution in [-0.2, 0) is 4.74 Å². The summed E-state index contributed by atoms with van der Waals surface area (Å²) in [6, 6.07) is 0. The summed E-state index contributed by atoms with van der Waals surface area (Å²) in [7, 11) is 0. The van der Waals surface area contributed by atoms with Crippen molar-refractivity contribution in [3.05, 3.63) is 0 Å². The van der Waals surface area contributed by atoms with E-state index in [0.29, 0.717) is 5.41 Å². The molecule has 1 saturated carbocycles. The Bertz CT molecular complexity index is 188. The van der Waals surface area contributed by atoms with E-state index >= 15 is 0 Å². The summed E-state index contributed by atoms with van der Waals surface area (Å²) in [5.41, 5.74) is 0.298. The van der Waals surface area contributed by atoms with Gasteiger partial charge in [0.1, 0.15) is 0 Å². The molecule has 0 radical (unpaired) electrons. The third-order valence-corrected chi connectivity index (χ3v) is 3.84. The molecule has 0 aromatic heterocycles. The van der Waals surface area contributed by atoms with Gasteiger partial charge in [0.15, 0.2) is 0 Å². The second-order valence-corrected chi connectivity index (χ2v) is 5.38. The molecule has 76 valence electrons. The van der Waals surface area contributed by atoms with Crippen LogP contribution in [0.5, 0.6) is 0 Å². The number of ether oxygens (including phenoxy) is 1. The quantitative estimate of drug-likeness (QED) is 0.624. The number of hydrogen-bond acceptors (Lipinski definition) is 2. The Hall–Kier alpha value is -0.0800. The van der Waals surface area contributed by atoms with Gasteiger partial charge in [0, 0.05) is 0 Å². The zero-order valence-corrected chi connectivity index (χ0v) is 8.68. The predicted molar refractivity (Wildman–Crippen MR) is 51.6 cm³/mol. The van der Waals surface area contributed by atoms with Gasteiger partial charge in [-0.05, 0) is 37.5 Å². The maximum Gasteiger partial charge on any atom is 0.0941 e. The molecule has 2 aliphatic rings. The van der Waals surface area contributed by atoms with Crippen molar-refractivity contribution >= 4 is 0 Å². The highest BCUT2D eigenvalue weighted by Gasteiger charge is 2.47. The minimum absolute atomic E-state index is 0.157. The van der Waals surface area contributed by atoms with Crippen LogP contribution < -0.4 is 0 Å². The summed E-state index contributed by atoms with van der Waals surface area (Å²) in [5.74, 6) is 0. The van der Waals surface area contributed by atoms with Crippen LogP contribution in [-0.4, -0.2) is 23.4 Å². The van der Waals surface area contributed by atoms with Gasteiger partial charge >= 0.3 is 0 Å². The second-order valence-electron chi connectivity index (χ2n) is 5.38. The Kier molecular flexibility index (Phi) is 2.16. The average Bonchev–Trinajstić information content (AvgIpc) is 2.41. The number of rotatable bonds is 0. The van der Waals surface area contributed by atoms with Crippen molar-refractivity contribution in [1.82, 2.24) is 0 Å². The number of hydrogen-bond donors (Lipinski definition) is 1. The molecule has 0 amide bonds. The first-order valence-electron chi connectivity index (χ1n) is 5.36. The van der Waals surface area contributed by atoms with Crippen LogP contribution in [0.4, 0.5) is 0 Å². The van der Waals surface area contributed by atoms with Crippen molar-refractivity contribution in [1.29, 1.82) is 0 Å². The third kappa shape index (κ3) is 1.62. The van der Waals surface area contributed by atoms with Gasteiger partial charge in [-0.3, -0.25) is 0 Å². The van der Waals surface area contributed by atoms with Gasteiger partial charge in [-0.1, -0.05) is 13.8 Å². The highest BCUT2D eigenvalue weighted by Crippen LogP contribution is 2.46. The minimum atomic E-state index is -0.205. The molecule has 1 atom stereocenters. The van der Waals surface area contributed by atoms with E-state index in [1.54, 1.807) is 0 Å². The fraction of sp³-hybridized carbons (Fsp3) is 1.00. The molecule has 0 aromatic carbocycles. The van der Waals surface area contributed by atoms with Crippen molar-refractivity contribution in [2.45, 2.75) is 57.7 Å². The lowest BCUT2D eigenvalue weighted by Gasteiger charge is -2.42. The molecular weight excluding hydrogens is 164 g/mol. The van der Waals surface area contributed by atoms with E-state index in [4.69, 9.17) is 4.74 Å². The lowest BCUT2D eigenvalue weighted by molar-refractivity contribution is -0.0977. The second kappa shape index (κ2) is 2.96. The Balaban J connectivity index is 2.04. The Labute approximate surface area is 80.3 Å². The van der Waals surface area contributed by atoms with Gasteiger partial charge < -0.3 is 9.84 Å². The first-order valence-corrected chi connectivity index (χ1v) is 5.36. The molecule has 1 spiro atoms. The highest BCUT2D eigenvalue weighted by atomic mass is 16.5. The van der Waals surface area contributed by atoms with E-state index in [9.17, 15) is 5.11 Å². The summed E-state index contributed by atoms with van der Waals surface area (Å²) in [6.45, 7) is 5.37. The van der Waals surface area contributed by atoms with Crippen LogP contribution in [0, 0.1) is 5.41 Å². The lowest BCUT2D eigenvalue weighted by atomic mass is 9.69. The molecule has 1 aliphatic heterocycles. The zero-order chi connectivity index (χ0) is 9.53. The van der Waals surface area contributed by atoms with E-state index in [-0.39, 0.29) is 11.7 Å². The van der Waals surface area contributed by atoms with Gasteiger partial charge in [0.25, 0.3) is 0 Å². The maximum absolute atomic E-state index is 9.85. The van der Waals surface area contributed by atoms with Crippen LogP contribution in [0.15, 0.2) is 0 Å². The Morgan fingerprint density at radius 1 is 1.15 bits per heavy atom. The molecule has 13 heavy (non-hydrogen) atoms. The molecule has 2 heteroatoms. The smallest absolute Gasteiger partial charge is 0.0941 e. The van der Waals surface area contributed by atoms with Gasteiger partial charge in [-0.2, -0.15) is 0 Å². The fourth-order valence-electron chi connectivity index (χ4n) is 2.56. The molecule has 1 heterocycles. The molecule has 2 rings (SSSR count). The fourth-order valence-corrected chi connectivity index (χ4v) is 2.56. The monoisotopic (exact) mass is 184 g/mol. The molecule has 0 aromatic rings. The summed E-state index contributed by atoms with van der Waals surface area (Å²) >= 11 is 0. The van der Waals surface area contributed by atoms with Crippen molar-refractivity contribution in [2.75, 3.05) is 6.61 Å². The van der Waals surface area contributed by atoms with Gasteiger partial charge in [0.2, 0.25) is 0 Å². The van der Waals surface area contributed by atoms with E-state index in [2.05, 4.69) is 13.8 Å². The van der Waals surface area contributed by atoms with Crippen LogP contribution in [0.25, 0.3) is 0 Å². The normalized spacial score (nSPS) is 36.7. The molecule has 1 unspecified atom stereocenters. The van der Waals surface area contributed by atoms with Gasteiger partial charge in [0.05, 0.1) is 18.3 Å². The Morgan fingerprint density at radius 3 is 2.23 bits per heavy atom. The molecule has 1 saturated heterocycles. The molecular formula is C11H20O2. The van der Waals surface area contributed by atoms with Crippen LogP contribution in [0.3, 0.4) is 0 Å². The topological polar surface area (TPSA) is 29.5 Å². The third-order valence-electron chi connectivity index (χ3n) is 3.84. The van der Waals surface area contributed by atoms with Crippen LogP contribution in [0.2, 0.25) is 0 Å². The summed E-state index contributed by atoms with van der Waals surface area (Å²) < 4.78 is 5.74. The van der Waals surface area contributed by atoms with E-state index in [0.717, 1.165) is 25.9 Å². The van der Waals surface area contributed by atoms with Crippen LogP contribution in [0.1, 0.15) is 46.0 Å². The molecule has 2 nitrogen and oxygen atoms in total. The van der Waals surface area contributed by atoms with E-state index in [1.165, 1.54) is 12.8 Å². The molecule has 0 bridgehead atoms. The summed E-state index contributed by atoms with van der Waals surface area (Å²) in [5, 5.41) is 9.85. The zero-order valence-electron chi connectivity index (χ0n) is 8.68. The predicted octanol–water partition coefficient (Wildman–Crippen LogP) is 2.11. The van der Waals surface area contributed by atoms with Crippen molar-refractivity contribution < 1.29 is 9.84 Å². The molecule has 1 N–H and O–H groups in total. The van der Waals surface area contributed by atoms with E-state index in [1.807, 2.05) is 0 Å². The minimum Gasteiger partial charge on any atom is -0.390 e. The first-order chi connectivity index (χ1) is 6.04. The van der Waals surface area contributed by atoms with Crippen molar-refractivity contribution in [2.24, 2.45) is 5.41 Å². The number of aliphatic hydroxyl groups is 1. The summed E-state index contributed by atoms with van der Waals surface area (Å²) in [4.78, 5) is 0. The first kappa shape index (κ1) is 9.47. The van der Waals surface area contributed by atoms with E-state index < -0.39 is 0 Å². The highest BCUT2D eigenvalue weighted by molar-refractivity contribution is 4.98. The lowest BCUT2D eigenvalue weighted by Crippen LogP contribution is -2.44. The standard InChI is InChI=1S/C11H20O2/c1-10(2)4-6-11(7-5-10)9(12)3-8-13-11/h9,12H,3-8H2,1-2H3. The van der Waals surface area contributed by atoms with Crippen molar-refractivity contribution in [3.63, 3.8) is 0 Å². The number of aliphatic hydroxyl groups excluding tert-OH is 1. The molecule has 1 aliphatic carbocycles. The maximum atomic E-state index is 9.85.